The Bertz CT molecular complexity index is 741. The van der Waals surface area contributed by atoms with Crippen LogP contribution < -0.4 is 20.7 Å². The minimum absolute atomic E-state index is 0.152. The summed E-state index contributed by atoms with van der Waals surface area (Å²) in [6.45, 7) is 0.857. The second kappa shape index (κ2) is 6.39. The van der Waals surface area contributed by atoms with E-state index in [1.54, 1.807) is 25.3 Å². The Balaban J connectivity index is 1.65. The van der Waals surface area contributed by atoms with E-state index in [1.165, 1.54) is 0 Å². The van der Waals surface area contributed by atoms with Crippen LogP contribution in [0.3, 0.4) is 0 Å². The summed E-state index contributed by atoms with van der Waals surface area (Å²) in [6.07, 6.45) is 0. The summed E-state index contributed by atoms with van der Waals surface area (Å²) in [6, 6.07) is 12.5. The minimum Gasteiger partial charge on any atom is -0.497 e. The van der Waals surface area contributed by atoms with Gasteiger partial charge in [-0.15, -0.1) is 0 Å². The number of hydrogen-bond acceptors (Lipinski definition) is 3. The zero-order valence-corrected chi connectivity index (χ0v) is 12.7. The molecule has 0 unspecified atom stereocenters. The molecule has 1 aliphatic rings. The zero-order valence-electron chi connectivity index (χ0n) is 12.7. The van der Waals surface area contributed by atoms with Crippen LogP contribution in [0.2, 0.25) is 0 Å². The third kappa shape index (κ3) is 3.42. The van der Waals surface area contributed by atoms with Crippen LogP contribution in [0.15, 0.2) is 42.5 Å². The quantitative estimate of drug-likeness (QED) is 0.810. The Morgan fingerprint density at radius 3 is 2.74 bits per heavy atom. The van der Waals surface area contributed by atoms with E-state index >= 15 is 0 Å². The molecule has 2 aromatic rings. The van der Waals surface area contributed by atoms with Gasteiger partial charge >= 0.3 is 6.03 Å². The Kier molecular flexibility index (Phi) is 4.14. The number of benzene rings is 2. The van der Waals surface area contributed by atoms with Gasteiger partial charge in [-0.2, -0.15) is 0 Å². The number of urea groups is 1. The summed E-state index contributed by atoms with van der Waals surface area (Å²) < 4.78 is 5.10. The summed E-state index contributed by atoms with van der Waals surface area (Å²) in [7, 11) is 1.62. The highest BCUT2D eigenvalue weighted by molar-refractivity contribution is 5.97. The van der Waals surface area contributed by atoms with Crippen molar-refractivity contribution in [2.75, 3.05) is 12.4 Å². The van der Waals surface area contributed by atoms with Crippen molar-refractivity contribution in [3.8, 4) is 5.75 Å². The lowest BCUT2D eigenvalue weighted by atomic mass is 10.1. The minimum atomic E-state index is -0.228. The first-order chi connectivity index (χ1) is 11.2. The number of carbonyl (C=O) groups excluding carboxylic acids is 2. The molecule has 6 nitrogen and oxygen atoms in total. The van der Waals surface area contributed by atoms with Gasteiger partial charge in [-0.25, -0.2) is 4.79 Å². The summed E-state index contributed by atoms with van der Waals surface area (Å²) in [4.78, 5) is 23.5. The molecule has 3 amide bonds. The molecule has 118 valence electrons. The molecule has 3 N–H and O–H groups in total. The number of hydrogen-bond donors (Lipinski definition) is 3. The molecule has 0 fully saturated rings. The molecule has 0 spiro atoms. The first kappa shape index (κ1) is 14.9. The predicted molar refractivity (Wildman–Crippen MR) is 86.5 cm³/mol. The van der Waals surface area contributed by atoms with Crippen molar-refractivity contribution in [2.45, 2.75) is 13.1 Å². The molecule has 6 heteroatoms. The van der Waals surface area contributed by atoms with E-state index in [9.17, 15) is 9.59 Å². The van der Waals surface area contributed by atoms with Gasteiger partial charge in [0.05, 0.1) is 7.11 Å². The fraction of sp³-hybridized carbons (Fsp3) is 0.176. The molecule has 2 aromatic carbocycles. The molecule has 23 heavy (non-hydrogen) atoms. The standard InChI is InChI=1S/C17H17N3O3/c1-23-14-5-2-11(3-6-14)9-18-16(21)12-4-7-15-13(8-12)10-19-17(22)20-15/h2-8H,9-10H2,1H3,(H,18,21)(H2,19,20,22). The summed E-state index contributed by atoms with van der Waals surface area (Å²) >= 11 is 0. The third-order valence-electron chi connectivity index (χ3n) is 3.67. The van der Waals surface area contributed by atoms with Gasteiger partial charge in [0.1, 0.15) is 5.75 Å². The van der Waals surface area contributed by atoms with Gasteiger partial charge in [0.2, 0.25) is 0 Å². The third-order valence-corrected chi connectivity index (χ3v) is 3.67. The van der Waals surface area contributed by atoms with Gasteiger partial charge in [-0.3, -0.25) is 4.79 Å². The molecule has 0 bridgehead atoms. The van der Waals surface area contributed by atoms with Gasteiger partial charge in [0.15, 0.2) is 0 Å². The van der Waals surface area contributed by atoms with Crippen LogP contribution in [0, 0.1) is 0 Å². The number of ether oxygens (including phenoxy) is 1. The summed E-state index contributed by atoms with van der Waals surface area (Å²) in [5, 5.41) is 8.26. The molecule has 3 rings (SSSR count). The van der Waals surface area contributed by atoms with Gasteiger partial charge in [-0.05, 0) is 41.5 Å². The lowest BCUT2D eigenvalue weighted by Crippen LogP contribution is -2.33. The normalized spacial score (nSPS) is 12.7. The van der Waals surface area contributed by atoms with Crippen molar-refractivity contribution < 1.29 is 14.3 Å². The highest BCUT2D eigenvalue weighted by Crippen LogP contribution is 2.20. The number of fused-ring (bicyclic) bond motifs is 1. The monoisotopic (exact) mass is 311 g/mol. The van der Waals surface area contributed by atoms with Crippen molar-refractivity contribution >= 4 is 17.6 Å². The smallest absolute Gasteiger partial charge is 0.319 e. The van der Waals surface area contributed by atoms with Crippen molar-refractivity contribution in [1.82, 2.24) is 10.6 Å². The maximum atomic E-state index is 12.2. The van der Waals surface area contributed by atoms with Crippen LogP contribution in [-0.4, -0.2) is 19.0 Å². The number of rotatable bonds is 4. The first-order valence-electron chi connectivity index (χ1n) is 7.24. The van der Waals surface area contributed by atoms with Crippen LogP contribution in [0.25, 0.3) is 0 Å². The molecule has 0 atom stereocenters. The van der Waals surface area contributed by atoms with Gasteiger partial charge in [-0.1, -0.05) is 12.1 Å². The van der Waals surface area contributed by atoms with Gasteiger partial charge in [0.25, 0.3) is 5.91 Å². The molecule has 0 radical (unpaired) electrons. The Labute approximate surface area is 133 Å². The van der Waals surface area contributed by atoms with E-state index in [0.717, 1.165) is 22.6 Å². The number of methoxy groups -OCH3 is 1. The van der Waals surface area contributed by atoms with E-state index in [0.29, 0.717) is 18.7 Å². The molecule has 0 saturated carbocycles. The fourth-order valence-corrected chi connectivity index (χ4v) is 2.37. The average Bonchev–Trinajstić information content (AvgIpc) is 2.59. The van der Waals surface area contributed by atoms with E-state index < -0.39 is 0 Å². The topological polar surface area (TPSA) is 79.5 Å². The summed E-state index contributed by atoms with van der Waals surface area (Å²) in [5.41, 5.74) is 3.18. The molecule has 0 aromatic heterocycles. The fourth-order valence-electron chi connectivity index (χ4n) is 2.37. The highest BCUT2D eigenvalue weighted by Gasteiger charge is 2.15. The molecular weight excluding hydrogens is 294 g/mol. The maximum Gasteiger partial charge on any atom is 0.319 e. The number of carbonyl (C=O) groups is 2. The Hall–Kier alpha value is -3.02. The van der Waals surface area contributed by atoms with Gasteiger partial charge in [0, 0.05) is 24.3 Å². The molecule has 0 aliphatic carbocycles. The molecule has 0 saturated heterocycles. The zero-order chi connectivity index (χ0) is 16.2. The number of nitrogens with one attached hydrogen (secondary N) is 3. The Morgan fingerprint density at radius 1 is 1.22 bits per heavy atom. The van der Waals surface area contributed by atoms with E-state index in [-0.39, 0.29) is 11.9 Å². The van der Waals surface area contributed by atoms with Crippen molar-refractivity contribution in [3.05, 3.63) is 59.2 Å². The lowest BCUT2D eigenvalue weighted by Gasteiger charge is -2.18. The average molecular weight is 311 g/mol. The Morgan fingerprint density at radius 2 is 2.00 bits per heavy atom. The van der Waals surface area contributed by atoms with Crippen LogP contribution in [0.4, 0.5) is 10.5 Å². The largest absolute Gasteiger partial charge is 0.497 e. The summed E-state index contributed by atoms with van der Waals surface area (Å²) in [5.74, 6) is 0.629. The van der Waals surface area contributed by atoms with Crippen molar-refractivity contribution in [1.29, 1.82) is 0 Å². The van der Waals surface area contributed by atoms with E-state index in [4.69, 9.17) is 4.74 Å². The van der Waals surface area contributed by atoms with Gasteiger partial charge < -0.3 is 20.7 Å². The predicted octanol–water partition coefficient (Wildman–Crippen LogP) is 2.26. The lowest BCUT2D eigenvalue weighted by molar-refractivity contribution is 0.0951. The maximum absolute atomic E-state index is 12.2. The first-order valence-corrected chi connectivity index (χ1v) is 7.24. The molecule has 1 aliphatic heterocycles. The second-order valence-electron chi connectivity index (χ2n) is 5.21. The van der Waals surface area contributed by atoms with Crippen molar-refractivity contribution in [3.63, 3.8) is 0 Å². The molecule has 1 heterocycles. The van der Waals surface area contributed by atoms with Crippen molar-refractivity contribution in [2.24, 2.45) is 0 Å². The van der Waals surface area contributed by atoms with E-state index in [1.807, 2.05) is 24.3 Å². The SMILES string of the molecule is COc1ccc(CNC(=O)c2ccc3c(c2)CNC(=O)N3)cc1. The molecular formula is C17H17N3O3. The number of amides is 3. The highest BCUT2D eigenvalue weighted by atomic mass is 16.5. The van der Waals surface area contributed by atoms with Crippen LogP contribution in [-0.2, 0) is 13.1 Å². The van der Waals surface area contributed by atoms with Crippen LogP contribution >= 0.6 is 0 Å². The second-order valence-corrected chi connectivity index (χ2v) is 5.21. The van der Waals surface area contributed by atoms with Crippen LogP contribution in [0.5, 0.6) is 5.75 Å². The van der Waals surface area contributed by atoms with E-state index in [2.05, 4.69) is 16.0 Å². The van der Waals surface area contributed by atoms with Crippen LogP contribution in [0.1, 0.15) is 21.5 Å². The number of anilines is 1.